The Morgan fingerprint density at radius 1 is 1.50 bits per heavy atom. The van der Waals surface area contributed by atoms with E-state index in [4.69, 9.17) is 0 Å². The molecule has 0 aliphatic carbocycles. The van der Waals surface area contributed by atoms with Crippen molar-refractivity contribution in [1.82, 2.24) is 5.32 Å². The van der Waals surface area contributed by atoms with E-state index in [2.05, 4.69) is 21.9 Å². The Bertz CT molecular complexity index is 80.4. The van der Waals surface area contributed by atoms with E-state index >= 15 is 0 Å². The predicted octanol–water partition coefficient (Wildman–Crippen LogP) is -0.144. The van der Waals surface area contributed by atoms with Crippen molar-refractivity contribution >= 4 is 0 Å². The average Bonchev–Trinajstić information content (AvgIpc) is 1.81. The Hall–Kier alpha value is -0.520. The maximum Gasteiger partial charge on any atom is 0.107 e. The van der Waals surface area contributed by atoms with Gasteiger partial charge in [-0.25, -0.2) is 0 Å². The molecule has 0 rings (SSSR count). The minimum Gasteiger partial charge on any atom is -0.372 e. The minimum absolute atomic E-state index is 0.529. The first kappa shape index (κ1) is 7.48. The molecule has 1 N–H and O–H groups in total. The summed E-state index contributed by atoms with van der Waals surface area (Å²) < 4.78 is 4.69. The molecular weight excluding hydrogens is 102 g/mol. The summed E-state index contributed by atoms with van der Waals surface area (Å²) >= 11 is 0. The molecule has 0 heterocycles. The first-order valence-corrected chi connectivity index (χ1v) is 2.51. The van der Waals surface area contributed by atoms with Crippen molar-refractivity contribution in [1.29, 1.82) is 0 Å². The van der Waals surface area contributed by atoms with Gasteiger partial charge in [-0.05, 0) is 7.05 Å². The fourth-order valence-corrected chi connectivity index (χ4v) is 0.274. The summed E-state index contributed by atoms with van der Waals surface area (Å²) in [5, 5.41) is 2.90. The second-order valence-electron chi connectivity index (χ2n) is 1.32. The van der Waals surface area contributed by atoms with Crippen LogP contribution in [0.15, 0.2) is 0 Å². The Kier molecular flexibility index (Phi) is 6.06. The third-order valence-corrected chi connectivity index (χ3v) is 0.607. The summed E-state index contributed by atoms with van der Waals surface area (Å²) in [7, 11) is 3.50. The van der Waals surface area contributed by atoms with Crippen molar-refractivity contribution in [3.63, 3.8) is 0 Å². The van der Waals surface area contributed by atoms with Crippen molar-refractivity contribution in [3.8, 4) is 11.8 Å². The molecule has 0 aliphatic heterocycles. The van der Waals surface area contributed by atoms with Gasteiger partial charge in [0.2, 0.25) is 0 Å². The maximum absolute atomic E-state index is 4.69. The zero-order valence-corrected chi connectivity index (χ0v) is 5.32. The third-order valence-electron chi connectivity index (χ3n) is 0.607. The average molecular weight is 113 g/mol. The van der Waals surface area contributed by atoms with E-state index in [1.165, 1.54) is 0 Å². The SMILES string of the molecule is CNCC#CCOC. The highest BCUT2D eigenvalue weighted by Crippen LogP contribution is 1.59. The standard InChI is InChI=1S/C6H11NO/c1-7-5-3-4-6-8-2/h7H,5-6H2,1-2H3. The van der Waals surface area contributed by atoms with Gasteiger partial charge in [-0.3, -0.25) is 0 Å². The number of hydrogen-bond donors (Lipinski definition) is 1. The zero-order chi connectivity index (χ0) is 6.24. The molecule has 0 aromatic heterocycles. The molecule has 2 nitrogen and oxygen atoms in total. The largest absolute Gasteiger partial charge is 0.372 e. The highest BCUT2D eigenvalue weighted by Gasteiger charge is 1.66. The number of rotatable bonds is 2. The van der Waals surface area contributed by atoms with Gasteiger partial charge in [0.25, 0.3) is 0 Å². The monoisotopic (exact) mass is 113 g/mol. The number of ether oxygens (including phenoxy) is 1. The smallest absolute Gasteiger partial charge is 0.107 e. The van der Waals surface area contributed by atoms with E-state index in [1.807, 2.05) is 7.05 Å². The Labute approximate surface area is 50.2 Å². The quantitative estimate of drug-likeness (QED) is 0.503. The molecule has 0 radical (unpaired) electrons. The van der Waals surface area contributed by atoms with Crippen LogP contribution in [0, 0.1) is 11.8 Å². The van der Waals surface area contributed by atoms with Crippen LogP contribution in [0.4, 0.5) is 0 Å². The highest BCUT2D eigenvalue weighted by molar-refractivity contribution is 5.00. The van der Waals surface area contributed by atoms with Gasteiger partial charge in [0.1, 0.15) is 6.61 Å². The third kappa shape index (κ3) is 5.48. The summed E-state index contributed by atoms with van der Waals surface area (Å²) in [6.45, 7) is 1.27. The van der Waals surface area contributed by atoms with Gasteiger partial charge in [0, 0.05) is 7.11 Å². The van der Waals surface area contributed by atoms with Crippen molar-refractivity contribution in [2.75, 3.05) is 27.3 Å². The molecule has 0 bridgehead atoms. The van der Waals surface area contributed by atoms with Crippen molar-refractivity contribution in [2.45, 2.75) is 0 Å². The van der Waals surface area contributed by atoms with Crippen LogP contribution in [0.5, 0.6) is 0 Å². The number of hydrogen-bond acceptors (Lipinski definition) is 2. The molecule has 0 unspecified atom stereocenters. The Balaban J connectivity index is 2.95. The highest BCUT2D eigenvalue weighted by atomic mass is 16.5. The molecule has 0 saturated carbocycles. The van der Waals surface area contributed by atoms with E-state index < -0.39 is 0 Å². The van der Waals surface area contributed by atoms with E-state index in [0.717, 1.165) is 6.54 Å². The van der Waals surface area contributed by atoms with Crippen LogP contribution in [-0.4, -0.2) is 27.3 Å². The first-order chi connectivity index (χ1) is 3.91. The van der Waals surface area contributed by atoms with Crippen molar-refractivity contribution < 1.29 is 4.74 Å². The van der Waals surface area contributed by atoms with Crippen LogP contribution in [0.3, 0.4) is 0 Å². The molecule has 0 aliphatic rings. The normalized spacial score (nSPS) is 7.75. The fourth-order valence-electron chi connectivity index (χ4n) is 0.274. The molecule has 0 spiro atoms. The second kappa shape index (κ2) is 6.48. The predicted molar refractivity (Wildman–Crippen MR) is 33.6 cm³/mol. The summed E-state index contributed by atoms with van der Waals surface area (Å²) in [6, 6.07) is 0. The first-order valence-electron chi connectivity index (χ1n) is 2.51. The molecule has 0 saturated heterocycles. The van der Waals surface area contributed by atoms with E-state index in [9.17, 15) is 0 Å². The van der Waals surface area contributed by atoms with Crippen LogP contribution < -0.4 is 5.32 Å². The van der Waals surface area contributed by atoms with Gasteiger partial charge in [-0.15, -0.1) is 0 Å². The Morgan fingerprint density at radius 2 is 2.25 bits per heavy atom. The molecular formula is C6H11NO. The van der Waals surface area contributed by atoms with Gasteiger partial charge in [0.05, 0.1) is 6.54 Å². The molecule has 0 amide bonds. The summed E-state index contributed by atoms with van der Waals surface area (Å²) in [5.41, 5.74) is 0. The summed E-state index contributed by atoms with van der Waals surface area (Å²) in [4.78, 5) is 0. The fraction of sp³-hybridized carbons (Fsp3) is 0.667. The lowest BCUT2D eigenvalue weighted by atomic mass is 10.6. The molecule has 0 aromatic carbocycles. The summed E-state index contributed by atoms with van der Waals surface area (Å²) in [5.74, 6) is 5.65. The summed E-state index contributed by atoms with van der Waals surface area (Å²) in [6.07, 6.45) is 0. The molecule has 2 heteroatoms. The van der Waals surface area contributed by atoms with Gasteiger partial charge >= 0.3 is 0 Å². The Morgan fingerprint density at radius 3 is 2.75 bits per heavy atom. The van der Waals surface area contributed by atoms with Crippen molar-refractivity contribution in [3.05, 3.63) is 0 Å². The number of methoxy groups -OCH3 is 1. The van der Waals surface area contributed by atoms with Crippen molar-refractivity contribution in [2.24, 2.45) is 0 Å². The lowest BCUT2D eigenvalue weighted by molar-refractivity contribution is 0.239. The van der Waals surface area contributed by atoms with Crippen LogP contribution in [0.25, 0.3) is 0 Å². The molecule has 0 atom stereocenters. The van der Waals surface area contributed by atoms with Crippen LogP contribution >= 0.6 is 0 Å². The number of nitrogens with one attached hydrogen (secondary N) is 1. The zero-order valence-electron chi connectivity index (χ0n) is 5.32. The second-order valence-corrected chi connectivity index (χ2v) is 1.32. The van der Waals surface area contributed by atoms with Gasteiger partial charge in [-0.1, -0.05) is 11.8 Å². The van der Waals surface area contributed by atoms with E-state index in [0.29, 0.717) is 6.61 Å². The molecule has 0 aromatic rings. The van der Waals surface area contributed by atoms with Gasteiger partial charge < -0.3 is 10.1 Å². The lowest BCUT2D eigenvalue weighted by Crippen LogP contribution is -2.04. The van der Waals surface area contributed by atoms with Crippen LogP contribution in [-0.2, 0) is 4.74 Å². The molecule has 8 heavy (non-hydrogen) atoms. The van der Waals surface area contributed by atoms with Gasteiger partial charge in [0.15, 0.2) is 0 Å². The molecule has 46 valence electrons. The van der Waals surface area contributed by atoms with Crippen LogP contribution in [0.2, 0.25) is 0 Å². The van der Waals surface area contributed by atoms with Crippen LogP contribution in [0.1, 0.15) is 0 Å². The maximum atomic E-state index is 4.69. The van der Waals surface area contributed by atoms with E-state index in [-0.39, 0.29) is 0 Å². The molecule has 0 fully saturated rings. The van der Waals surface area contributed by atoms with Gasteiger partial charge in [-0.2, -0.15) is 0 Å². The van der Waals surface area contributed by atoms with E-state index in [1.54, 1.807) is 7.11 Å². The lowest BCUT2D eigenvalue weighted by Gasteiger charge is -1.83. The minimum atomic E-state index is 0.529. The topological polar surface area (TPSA) is 21.3 Å².